The third-order valence-corrected chi connectivity index (χ3v) is 5.35. The summed E-state index contributed by atoms with van der Waals surface area (Å²) in [7, 11) is 0. The third-order valence-electron chi connectivity index (χ3n) is 5.35. The van der Waals surface area contributed by atoms with Crippen LogP contribution in [0.4, 0.5) is 26.3 Å². The topological polar surface area (TPSA) is 139 Å². The summed E-state index contributed by atoms with van der Waals surface area (Å²) in [6.45, 7) is 1.65. The van der Waals surface area contributed by atoms with Gasteiger partial charge in [-0.2, -0.15) is 26.3 Å². The number of carboxylic acid groups (broad SMARTS) is 2. The zero-order chi connectivity index (χ0) is 29.2. The molecular formula is C23H23F6N3O7. The maximum atomic E-state index is 12.8. The van der Waals surface area contributed by atoms with Crippen LogP contribution in [0.3, 0.4) is 0 Å². The number of pyridine rings is 2. The molecule has 2 fully saturated rings. The number of aliphatic carboxylic acids is 2. The third kappa shape index (κ3) is 9.79. The Balaban J connectivity index is 0.000000317. The van der Waals surface area contributed by atoms with Crippen molar-refractivity contribution in [3.05, 3.63) is 60.2 Å². The van der Waals surface area contributed by atoms with Crippen LogP contribution < -0.4 is 0 Å². The van der Waals surface area contributed by atoms with Gasteiger partial charge in [0, 0.05) is 25.1 Å². The molecule has 10 nitrogen and oxygen atoms in total. The molecule has 1 aliphatic carbocycles. The van der Waals surface area contributed by atoms with Gasteiger partial charge in [0.05, 0.1) is 25.4 Å². The van der Waals surface area contributed by atoms with E-state index >= 15 is 0 Å². The average Bonchev–Trinajstić information content (AvgIpc) is 3.31. The van der Waals surface area contributed by atoms with Gasteiger partial charge in [-0.1, -0.05) is 12.1 Å². The van der Waals surface area contributed by atoms with E-state index < -0.39 is 24.3 Å². The number of amides is 1. The lowest BCUT2D eigenvalue weighted by molar-refractivity contribution is -0.193. The fourth-order valence-electron chi connectivity index (χ4n) is 3.67. The van der Waals surface area contributed by atoms with Crippen LogP contribution in [0.1, 0.15) is 28.9 Å². The standard InChI is InChI=1S/C19H21N3O3.2C2HF3O2/c23-19(15-5-1-2-9-21-15)22-10-11-24-18-16(22)6-7-17(18)25-13-14-4-3-8-20-12-14;2*3-2(4,5)1(6)7/h1-5,8-9,12,16-18H,6-7,10-11,13H2;2*(H,6,7)/t16-,17+,18+;;/m0../s1. The van der Waals surface area contributed by atoms with Gasteiger partial charge >= 0.3 is 24.3 Å². The van der Waals surface area contributed by atoms with Crippen molar-refractivity contribution in [3.8, 4) is 0 Å². The molecule has 4 rings (SSSR count). The van der Waals surface area contributed by atoms with Gasteiger partial charge in [0.2, 0.25) is 0 Å². The van der Waals surface area contributed by atoms with Gasteiger partial charge in [0.1, 0.15) is 11.8 Å². The van der Waals surface area contributed by atoms with E-state index in [2.05, 4.69) is 9.97 Å². The second-order valence-corrected chi connectivity index (χ2v) is 8.01. The van der Waals surface area contributed by atoms with E-state index in [1.807, 2.05) is 35.4 Å². The number of alkyl halides is 6. The number of ether oxygens (including phenoxy) is 2. The Bertz CT molecular complexity index is 1060. The summed E-state index contributed by atoms with van der Waals surface area (Å²) in [4.78, 5) is 40.8. The number of carbonyl (C=O) groups excluding carboxylic acids is 1. The van der Waals surface area contributed by atoms with Gasteiger partial charge in [-0.3, -0.25) is 14.8 Å². The largest absolute Gasteiger partial charge is 0.490 e. The minimum Gasteiger partial charge on any atom is -0.475 e. The molecule has 39 heavy (non-hydrogen) atoms. The fraction of sp³-hybridized carbons (Fsp3) is 0.435. The zero-order valence-corrected chi connectivity index (χ0v) is 19.9. The first kappa shape index (κ1) is 31.4. The molecule has 1 aliphatic heterocycles. The monoisotopic (exact) mass is 567 g/mol. The molecule has 0 bridgehead atoms. The van der Waals surface area contributed by atoms with Crippen LogP contribution in [0.5, 0.6) is 0 Å². The number of nitrogens with zero attached hydrogens (tertiary/aromatic N) is 3. The Kier molecular flexibility index (Phi) is 11.2. The van der Waals surface area contributed by atoms with Gasteiger partial charge in [-0.05, 0) is 36.6 Å². The maximum Gasteiger partial charge on any atom is 0.490 e. The molecule has 1 saturated carbocycles. The van der Waals surface area contributed by atoms with Gasteiger partial charge < -0.3 is 24.6 Å². The summed E-state index contributed by atoms with van der Waals surface area (Å²) in [5.74, 6) is -5.54. The lowest BCUT2D eigenvalue weighted by Crippen LogP contribution is -2.54. The summed E-state index contributed by atoms with van der Waals surface area (Å²) in [5, 5.41) is 14.2. The molecular weight excluding hydrogens is 544 g/mol. The Hall–Kier alpha value is -3.79. The van der Waals surface area contributed by atoms with E-state index in [4.69, 9.17) is 29.3 Å². The molecule has 1 saturated heterocycles. The Morgan fingerprint density at radius 3 is 2.13 bits per heavy atom. The first-order valence-corrected chi connectivity index (χ1v) is 11.2. The second-order valence-electron chi connectivity index (χ2n) is 8.01. The minimum absolute atomic E-state index is 0.00420. The van der Waals surface area contributed by atoms with Crippen molar-refractivity contribution in [1.29, 1.82) is 0 Å². The van der Waals surface area contributed by atoms with Crippen molar-refractivity contribution in [1.82, 2.24) is 14.9 Å². The maximum absolute atomic E-state index is 12.8. The summed E-state index contributed by atoms with van der Waals surface area (Å²) < 4.78 is 75.5. The van der Waals surface area contributed by atoms with E-state index in [0.717, 1.165) is 18.4 Å². The molecule has 3 heterocycles. The number of rotatable bonds is 4. The number of hydrogen-bond donors (Lipinski definition) is 2. The number of aromatic nitrogens is 2. The highest BCUT2D eigenvalue weighted by atomic mass is 19.4. The fourth-order valence-corrected chi connectivity index (χ4v) is 3.67. The van der Waals surface area contributed by atoms with Gasteiger partial charge in [0.25, 0.3) is 5.91 Å². The molecule has 16 heteroatoms. The zero-order valence-electron chi connectivity index (χ0n) is 19.9. The van der Waals surface area contributed by atoms with Gasteiger partial charge in [-0.15, -0.1) is 0 Å². The number of carbonyl (C=O) groups is 3. The number of halogens is 6. The Morgan fingerprint density at radius 2 is 1.62 bits per heavy atom. The number of carboxylic acids is 2. The first-order valence-electron chi connectivity index (χ1n) is 11.2. The Morgan fingerprint density at radius 1 is 0.974 bits per heavy atom. The van der Waals surface area contributed by atoms with Crippen LogP contribution >= 0.6 is 0 Å². The Labute approximate surface area is 217 Å². The molecule has 1 amide bonds. The SMILES string of the molecule is O=C(O)C(F)(F)F.O=C(O)C(F)(F)F.O=C(c1ccccn1)N1CCO[C@H]2[C@H](OCc3cccnc3)CC[C@@H]21. The van der Waals surface area contributed by atoms with Crippen molar-refractivity contribution >= 4 is 17.8 Å². The number of hydrogen-bond acceptors (Lipinski definition) is 7. The highest BCUT2D eigenvalue weighted by molar-refractivity contribution is 5.92. The first-order chi connectivity index (χ1) is 18.2. The van der Waals surface area contributed by atoms with E-state index in [9.17, 15) is 31.1 Å². The van der Waals surface area contributed by atoms with Crippen LogP contribution in [0.2, 0.25) is 0 Å². The second kappa shape index (κ2) is 13.8. The molecule has 2 aromatic rings. The molecule has 3 atom stereocenters. The van der Waals surface area contributed by atoms with Crippen molar-refractivity contribution in [2.75, 3.05) is 13.2 Å². The van der Waals surface area contributed by atoms with Crippen molar-refractivity contribution in [2.24, 2.45) is 0 Å². The molecule has 214 valence electrons. The smallest absolute Gasteiger partial charge is 0.475 e. The lowest BCUT2D eigenvalue weighted by atomic mass is 10.1. The summed E-state index contributed by atoms with van der Waals surface area (Å²) >= 11 is 0. The van der Waals surface area contributed by atoms with E-state index in [-0.39, 0.29) is 24.2 Å². The van der Waals surface area contributed by atoms with Crippen molar-refractivity contribution in [2.45, 2.75) is 50.1 Å². The van der Waals surface area contributed by atoms with E-state index in [0.29, 0.717) is 25.5 Å². The normalized spacial score (nSPS) is 20.5. The summed E-state index contributed by atoms with van der Waals surface area (Å²) in [6.07, 6.45) is -3.24. The van der Waals surface area contributed by atoms with Crippen molar-refractivity contribution in [3.63, 3.8) is 0 Å². The molecule has 0 radical (unpaired) electrons. The van der Waals surface area contributed by atoms with Crippen LogP contribution in [0.15, 0.2) is 48.9 Å². The number of fused-ring (bicyclic) bond motifs is 1. The molecule has 2 aliphatic rings. The highest BCUT2D eigenvalue weighted by Gasteiger charge is 2.45. The summed E-state index contributed by atoms with van der Waals surface area (Å²) in [6, 6.07) is 9.38. The van der Waals surface area contributed by atoms with Gasteiger partial charge in [-0.25, -0.2) is 9.59 Å². The van der Waals surface area contributed by atoms with Crippen LogP contribution in [-0.2, 0) is 25.7 Å². The molecule has 0 aromatic carbocycles. The summed E-state index contributed by atoms with van der Waals surface area (Å²) in [5.41, 5.74) is 1.53. The van der Waals surface area contributed by atoms with Gasteiger partial charge in [0.15, 0.2) is 0 Å². The predicted octanol–water partition coefficient (Wildman–Crippen LogP) is 3.33. The van der Waals surface area contributed by atoms with E-state index in [1.165, 1.54) is 0 Å². The van der Waals surface area contributed by atoms with Crippen molar-refractivity contribution < 1.29 is 60.4 Å². The van der Waals surface area contributed by atoms with Crippen LogP contribution in [-0.4, -0.2) is 86.7 Å². The average molecular weight is 567 g/mol. The van der Waals surface area contributed by atoms with Crippen LogP contribution in [0.25, 0.3) is 0 Å². The predicted molar refractivity (Wildman–Crippen MR) is 118 cm³/mol. The molecule has 2 N–H and O–H groups in total. The molecule has 0 spiro atoms. The van der Waals surface area contributed by atoms with E-state index in [1.54, 1.807) is 18.5 Å². The highest BCUT2D eigenvalue weighted by Crippen LogP contribution is 2.33. The van der Waals surface area contributed by atoms with Crippen LogP contribution in [0, 0.1) is 0 Å². The number of morpholine rings is 1. The molecule has 2 aromatic heterocycles. The lowest BCUT2D eigenvalue weighted by Gasteiger charge is -2.38. The molecule has 0 unspecified atom stereocenters. The quantitative estimate of drug-likeness (QED) is 0.533. The minimum atomic E-state index is -5.08.